The number of benzene rings is 1. The van der Waals surface area contributed by atoms with Gasteiger partial charge in [-0.05, 0) is 30.5 Å². The van der Waals surface area contributed by atoms with E-state index in [1.165, 1.54) is 17.7 Å². The van der Waals surface area contributed by atoms with E-state index in [4.69, 9.17) is 5.73 Å². The Morgan fingerprint density at radius 3 is 3.06 bits per heavy atom. The maximum atomic E-state index is 6.04. The van der Waals surface area contributed by atoms with E-state index in [-0.39, 0.29) is 12.4 Å². The average molecular weight is 282 g/mol. The second kappa shape index (κ2) is 5.59. The smallest absolute Gasteiger partial charge is 0.0795 e. The van der Waals surface area contributed by atoms with E-state index in [0.717, 1.165) is 30.9 Å². The summed E-state index contributed by atoms with van der Waals surface area (Å²) in [5.41, 5.74) is 12.6. The monoisotopic (exact) mass is 281 g/mol. The minimum atomic E-state index is 0. The topological polar surface area (TPSA) is 42.1 Å². The number of nitrogens with zero attached hydrogens (tertiary/aromatic N) is 2. The first-order chi connectivity index (χ1) is 8.34. The Kier molecular flexibility index (Phi) is 4.09. The van der Waals surface area contributed by atoms with E-state index < -0.39 is 0 Å². The molecule has 0 spiro atoms. The SMILES string of the molecule is Cl.Nc1cccc2c1CCCN2Cc1cscn1. The Bertz CT molecular complexity index is 513. The summed E-state index contributed by atoms with van der Waals surface area (Å²) in [5, 5.41) is 2.11. The molecule has 5 heteroatoms. The zero-order valence-corrected chi connectivity index (χ0v) is 11.6. The first-order valence-corrected chi connectivity index (χ1v) is 6.78. The molecule has 3 rings (SSSR count). The minimum absolute atomic E-state index is 0. The molecule has 0 unspecified atom stereocenters. The third kappa shape index (κ3) is 2.44. The molecule has 0 atom stereocenters. The fourth-order valence-electron chi connectivity index (χ4n) is 2.40. The number of hydrogen-bond acceptors (Lipinski definition) is 4. The molecule has 96 valence electrons. The molecule has 2 N–H and O–H groups in total. The summed E-state index contributed by atoms with van der Waals surface area (Å²) >= 11 is 1.65. The molecule has 18 heavy (non-hydrogen) atoms. The van der Waals surface area contributed by atoms with Gasteiger partial charge in [0.2, 0.25) is 0 Å². The van der Waals surface area contributed by atoms with Crippen molar-refractivity contribution in [2.75, 3.05) is 17.2 Å². The number of nitrogens with two attached hydrogens (primary N) is 1. The van der Waals surface area contributed by atoms with Crippen LogP contribution in [0.1, 0.15) is 17.7 Å². The van der Waals surface area contributed by atoms with Crippen LogP contribution in [-0.2, 0) is 13.0 Å². The first kappa shape index (κ1) is 13.2. The largest absolute Gasteiger partial charge is 0.398 e. The van der Waals surface area contributed by atoms with Gasteiger partial charge >= 0.3 is 0 Å². The Morgan fingerprint density at radius 2 is 2.28 bits per heavy atom. The highest BCUT2D eigenvalue weighted by atomic mass is 35.5. The number of anilines is 2. The van der Waals surface area contributed by atoms with Crippen LogP contribution in [0, 0.1) is 0 Å². The Labute approximate surface area is 117 Å². The molecule has 0 saturated carbocycles. The van der Waals surface area contributed by atoms with Crippen LogP contribution in [0.5, 0.6) is 0 Å². The third-order valence-corrected chi connectivity index (χ3v) is 3.85. The van der Waals surface area contributed by atoms with Gasteiger partial charge in [-0.25, -0.2) is 4.98 Å². The lowest BCUT2D eigenvalue weighted by Gasteiger charge is -2.31. The molecule has 0 bridgehead atoms. The molecule has 1 aliphatic rings. The highest BCUT2D eigenvalue weighted by Crippen LogP contribution is 2.32. The van der Waals surface area contributed by atoms with Crippen LogP contribution in [0.2, 0.25) is 0 Å². The lowest BCUT2D eigenvalue weighted by Crippen LogP contribution is -2.29. The Balaban J connectivity index is 0.00000120. The van der Waals surface area contributed by atoms with Gasteiger partial charge in [-0.2, -0.15) is 0 Å². The van der Waals surface area contributed by atoms with Crippen LogP contribution in [-0.4, -0.2) is 11.5 Å². The van der Waals surface area contributed by atoms with Crippen LogP contribution in [0.25, 0.3) is 0 Å². The molecule has 0 aliphatic carbocycles. The van der Waals surface area contributed by atoms with E-state index in [1.807, 2.05) is 17.6 Å². The maximum absolute atomic E-state index is 6.04. The lowest BCUT2D eigenvalue weighted by molar-refractivity contribution is 0.687. The highest BCUT2D eigenvalue weighted by molar-refractivity contribution is 7.07. The number of rotatable bonds is 2. The molecular formula is C13H16ClN3S. The summed E-state index contributed by atoms with van der Waals surface area (Å²) in [4.78, 5) is 6.73. The number of halogens is 1. The number of nitrogen functional groups attached to an aromatic ring is 1. The fourth-order valence-corrected chi connectivity index (χ4v) is 2.95. The molecule has 3 nitrogen and oxygen atoms in total. The van der Waals surface area contributed by atoms with Gasteiger partial charge in [-0.1, -0.05) is 6.07 Å². The highest BCUT2D eigenvalue weighted by Gasteiger charge is 2.18. The fraction of sp³-hybridized carbons (Fsp3) is 0.308. The van der Waals surface area contributed by atoms with Gasteiger partial charge in [-0.3, -0.25) is 0 Å². The molecular weight excluding hydrogens is 266 g/mol. The van der Waals surface area contributed by atoms with Crippen molar-refractivity contribution in [1.82, 2.24) is 4.98 Å². The molecule has 0 fully saturated rings. The van der Waals surface area contributed by atoms with Crippen LogP contribution in [0.3, 0.4) is 0 Å². The summed E-state index contributed by atoms with van der Waals surface area (Å²) < 4.78 is 0. The van der Waals surface area contributed by atoms with Gasteiger partial charge in [-0.15, -0.1) is 23.7 Å². The van der Waals surface area contributed by atoms with E-state index in [1.54, 1.807) is 11.3 Å². The van der Waals surface area contributed by atoms with Gasteiger partial charge in [0.15, 0.2) is 0 Å². The van der Waals surface area contributed by atoms with Crippen LogP contribution < -0.4 is 10.6 Å². The summed E-state index contributed by atoms with van der Waals surface area (Å²) in [6.07, 6.45) is 2.26. The van der Waals surface area contributed by atoms with Gasteiger partial charge in [0.25, 0.3) is 0 Å². The van der Waals surface area contributed by atoms with Crippen LogP contribution >= 0.6 is 23.7 Å². The predicted molar refractivity (Wildman–Crippen MR) is 79.6 cm³/mol. The number of thiazole rings is 1. The lowest BCUT2D eigenvalue weighted by atomic mass is 10.00. The third-order valence-electron chi connectivity index (χ3n) is 3.22. The van der Waals surface area contributed by atoms with E-state index in [9.17, 15) is 0 Å². The number of fused-ring (bicyclic) bond motifs is 1. The number of aromatic nitrogens is 1. The van der Waals surface area contributed by atoms with Gasteiger partial charge < -0.3 is 10.6 Å². The van der Waals surface area contributed by atoms with E-state index in [0.29, 0.717) is 0 Å². The van der Waals surface area contributed by atoms with Crippen molar-refractivity contribution in [3.63, 3.8) is 0 Å². The van der Waals surface area contributed by atoms with Crippen molar-refractivity contribution >= 4 is 35.1 Å². The van der Waals surface area contributed by atoms with E-state index >= 15 is 0 Å². The Morgan fingerprint density at radius 1 is 1.39 bits per heavy atom. The second-order valence-corrected chi connectivity index (χ2v) is 5.07. The van der Waals surface area contributed by atoms with Crippen molar-refractivity contribution in [2.45, 2.75) is 19.4 Å². The first-order valence-electron chi connectivity index (χ1n) is 5.84. The van der Waals surface area contributed by atoms with Crippen molar-refractivity contribution in [3.05, 3.63) is 40.3 Å². The van der Waals surface area contributed by atoms with Gasteiger partial charge in [0.1, 0.15) is 0 Å². The molecule has 0 saturated heterocycles. The van der Waals surface area contributed by atoms with Crippen LogP contribution in [0.4, 0.5) is 11.4 Å². The molecule has 0 amide bonds. The summed E-state index contributed by atoms with van der Waals surface area (Å²) in [7, 11) is 0. The predicted octanol–water partition coefficient (Wildman–Crippen LogP) is 3.10. The van der Waals surface area contributed by atoms with Crippen molar-refractivity contribution in [1.29, 1.82) is 0 Å². The molecule has 2 aromatic rings. The standard InChI is InChI=1S/C13H15N3S.ClH/c14-12-4-1-5-13-11(12)3-2-6-16(13)7-10-8-17-9-15-10;/h1,4-5,8-9H,2-3,6-7,14H2;1H. The minimum Gasteiger partial charge on any atom is -0.398 e. The molecule has 0 radical (unpaired) electrons. The van der Waals surface area contributed by atoms with Crippen molar-refractivity contribution in [2.24, 2.45) is 0 Å². The quantitative estimate of drug-likeness (QED) is 0.860. The maximum Gasteiger partial charge on any atom is 0.0795 e. The average Bonchev–Trinajstić information content (AvgIpc) is 2.83. The molecule has 1 aromatic heterocycles. The molecule has 2 heterocycles. The normalized spacial score (nSPS) is 13.9. The van der Waals surface area contributed by atoms with E-state index in [2.05, 4.69) is 21.3 Å². The Hall–Kier alpha value is -1.26. The molecule has 1 aliphatic heterocycles. The summed E-state index contributed by atoms with van der Waals surface area (Å²) in [6, 6.07) is 6.19. The van der Waals surface area contributed by atoms with Gasteiger partial charge in [0.05, 0.1) is 17.7 Å². The number of hydrogen-bond donors (Lipinski definition) is 1. The van der Waals surface area contributed by atoms with Crippen LogP contribution in [0.15, 0.2) is 29.1 Å². The molecule has 1 aromatic carbocycles. The van der Waals surface area contributed by atoms with Crippen molar-refractivity contribution < 1.29 is 0 Å². The summed E-state index contributed by atoms with van der Waals surface area (Å²) in [5.74, 6) is 0. The zero-order valence-electron chi connectivity index (χ0n) is 10.0. The van der Waals surface area contributed by atoms with Crippen molar-refractivity contribution in [3.8, 4) is 0 Å². The summed E-state index contributed by atoms with van der Waals surface area (Å²) in [6.45, 7) is 1.98. The second-order valence-electron chi connectivity index (χ2n) is 4.35. The zero-order chi connectivity index (χ0) is 11.7. The van der Waals surface area contributed by atoms with Gasteiger partial charge in [0, 0.05) is 23.3 Å².